The fourth-order valence-corrected chi connectivity index (χ4v) is 3.45. The molecule has 0 aliphatic rings. The van der Waals surface area contributed by atoms with Crippen LogP contribution in [0.15, 0.2) is 41.8 Å². The number of benzene rings is 2. The number of rotatable bonds is 5. The number of aliphatic carboxylic acids is 1. The Morgan fingerprint density at radius 2 is 1.92 bits per heavy atom. The molecule has 0 bridgehead atoms. The van der Waals surface area contributed by atoms with Crippen LogP contribution in [0.25, 0.3) is 21.3 Å². The van der Waals surface area contributed by atoms with Crippen LogP contribution in [-0.2, 0) is 16.0 Å². The highest BCUT2D eigenvalue weighted by Crippen LogP contribution is 2.34. The summed E-state index contributed by atoms with van der Waals surface area (Å²) in [5, 5.41) is 16.1. The van der Waals surface area contributed by atoms with Crippen LogP contribution in [0.4, 0.5) is 0 Å². The van der Waals surface area contributed by atoms with E-state index in [2.05, 4.69) is 10.3 Å². The average molecular weight is 361 g/mol. The summed E-state index contributed by atoms with van der Waals surface area (Å²) in [6, 6.07) is 11.6. The van der Waals surface area contributed by atoms with Crippen LogP contribution in [-0.4, -0.2) is 28.5 Å². The summed E-state index contributed by atoms with van der Waals surface area (Å²) in [4.78, 5) is 26.6. The Hall–Kier alpha value is -2.44. The Balaban J connectivity index is 1.85. The summed E-state index contributed by atoms with van der Waals surface area (Å²) in [6.45, 7) is -0.391. The number of carbonyl (C=O) groups excluding carboxylic acids is 1. The van der Waals surface area contributed by atoms with E-state index in [1.54, 1.807) is 5.38 Å². The van der Waals surface area contributed by atoms with Gasteiger partial charge in [0.2, 0.25) is 5.91 Å². The number of nitrogens with zero attached hydrogens (tertiary/aromatic N) is 1. The first-order valence-electron chi connectivity index (χ1n) is 7.15. The topological polar surface area (TPSA) is 79.3 Å². The van der Waals surface area contributed by atoms with Crippen LogP contribution in [0.1, 0.15) is 5.69 Å². The van der Waals surface area contributed by atoms with E-state index in [0.29, 0.717) is 10.7 Å². The number of hydrogen-bond acceptors (Lipinski definition) is 4. The number of thiazole rings is 1. The second-order valence-electron chi connectivity index (χ2n) is 5.13. The van der Waals surface area contributed by atoms with E-state index in [-0.39, 0.29) is 12.3 Å². The Morgan fingerprint density at radius 3 is 2.67 bits per heavy atom. The second-order valence-corrected chi connectivity index (χ2v) is 6.40. The lowest BCUT2D eigenvalue weighted by Gasteiger charge is -2.05. The molecule has 1 heterocycles. The highest BCUT2D eigenvalue weighted by atomic mass is 35.5. The maximum atomic E-state index is 11.7. The molecule has 5 nitrogen and oxygen atoms in total. The number of carbonyl (C=O) groups is 2. The number of halogens is 1. The van der Waals surface area contributed by atoms with Crippen molar-refractivity contribution in [2.75, 3.05) is 6.54 Å². The standard InChI is InChI=1S/C17H13ClN2O3S/c18-14-6-5-13(11-3-1-2-4-12(11)14)17-20-10(9-24-17)7-15(21)19-8-16(22)23/h1-6,9H,7-8H2,(H,19,21)(H,22,23). The molecule has 1 amide bonds. The zero-order valence-corrected chi connectivity index (χ0v) is 14.0. The van der Waals surface area contributed by atoms with Gasteiger partial charge in [-0.05, 0) is 17.5 Å². The first kappa shape index (κ1) is 16.4. The molecule has 0 saturated heterocycles. The van der Waals surface area contributed by atoms with E-state index in [4.69, 9.17) is 16.7 Å². The number of amides is 1. The van der Waals surface area contributed by atoms with Gasteiger partial charge in [-0.3, -0.25) is 9.59 Å². The van der Waals surface area contributed by atoms with Crippen LogP contribution in [0.2, 0.25) is 5.02 Å². The first-order valence-corrected chi connectivity index (χ1v) is 8.41. The van der Waals surface area contributed by atoms with E-state index in [1.807, 2.05) is 36.4 Å². The minimum Gasteiger partial charge on any atom is -0.480 e. The van der Waals surface area contributed by atoms with Crippen molar-refractivity contribution in [3.8, 4) is 10.6 Å². The largest absolute Gasteiger partial charge is 0.480 e. The smallest absolute Gasteiger partial charge is 0.322 e. The maximum Gasteiger partial charge on any atom is 0.322 e. The fraction of sp³-hybridized carbons (Fsp3) is 0.118. The first-order chi connectivity index (χ1) is 11.5. The molecule has 2 N–H and O–H groups in total. The minimum absolute atomic E-state index is 0.0509. The van der Waals surface area contributed by atoms with Gasteiger partial charge < -0.3 is 10.4 Å². The van der Waals surface area contributed by atoms with E-state index in [1.165, 1.54) is 11.3 Å². The molecule has 3 rings (SSSR count). The molecular formula is C17H13ClN2O3S. The monoisotopic (exact) mass is 360 g/mol. The number of nitrogens with one attached hydrogen (secondary N) is 1. The second kappa shape index (κ2) is 6.98. The van der Waals surface area contributed by atoms with Crippen molar-refractivity contribution in [2.45, 2.75) is 6.42 Å². The van der Waals surface area contributed by atoms with Crippen molar-refractivity contribution in [3.63, 3.8) is 0 Å². The molecule has 0 spiro atoms. The highest BCUT2D eigenvalue weighted by molar-refractivity contribution is 7.13. The van der Waals surface area contributed by atoms with Gasteiger partial charge in [-0.25, -0.2) is 4.98 Å². The zero-order chi connectivity index (χ0) is 17.1. The lowest BCUT2D eigenvalue weighted by Crippen LogP contribution is -2.30. The van der Waals surface area contributed by atoms with Gasteiger partial charge in [0.05, 0.1) is 12.1 Å². The Labute approximate surface area is 146 Å². The Bertz CT molecular complexity index is 923. The summed E-state index contributed by atoms with van der Waals surface area (Å²) >= 11 is 7.67. The van der Waals surface area contributed by atoms with Gasteiger partial charge in [-0.15, -0.1) is 11.3 Å². The predicted molar refractivity (Wildman–Crippen MR) is 94.4 cm³/mol. The van der Waals surface area contributed by atoms with E-state index >= 15 is 0 Å². The Morgan fingerprint density at radius 1 is 1.17 bits per heavy atom. The molecule has 0 fully saturated rings. The van der Waals surface area contributed by atoms with Crippen LogP contribution in [0.5, 0.6) is 0 Å². The third-order valence-corrected chi connectivity index (χ3v) is 4.69. The van der Waals surface area contributed by atoms with Gasteiger partial charge in [-0.2, -0.15) is 0 Å². The van der Waals surface area contributed by atoms with E-state index in [0.717, 1.165) is 21.3 Å². The van der Waals surface area contributed by atoms with Crippen molar-refractivity contribution in [1.82, 2.24) is 10.3 Å². The van der Waals surface area contributed by atoms with Gasteiger partial charge in [-0.1, -0.05) is 35.9 Å². The summed E-state index contributed by atoms with van der Waals surface area (Å²) in [5.74, 6) is -1.44. The zero-order valence-electron chi connectivity index (χ0n) is 12.5. The third-order valence-electron chi connectivity index (χ3n) is 3.43. The average Bonchev–Trinajstić information content (AvgIpc) is 3.02. The molecule has 0 aliphatic carbocycles. The lowest BCUT2D eigenvalue weighted by atomic mass is 10.1. The summed E-state index contributed by atoms with van der Waals surface area (Å²) < 4.78 is 0. The van der Waals surface area contributed by atoms with Crippen molar-refractivity contribution in [1.29, 1.82) is 0 Å². The lowest BCUT2D eigenvalue weighted by molar-refractivity contribution is -0.137. The Kier molecular flexibility index (Phi) is 4.78. The van der Waals surface area contributed by atoms with Crippen LogP contribution >= 0.6 is 22.9 Å². The number of hydrogen-bond donors (Lipinski definition) is 2. The van der Waals surface area contributed by atoms with Crippen LogP contribution in [0, 0.1) is 0 Å². The molecule has 1 aromatic heterocycles. The molecule has 3 aromatic rings. The molecule has 0 unspecified atom stereocenters. The number of carboxylic acid groups (broad SMARTS) is 1. The SMILES string of the molecule is O=C(O)CNC(=O)Cc1csc(-c2ccc(Cl)c3ccccc23)n1. The fourth-order valence-electron chi connectivity index (χ4n) is 2.36. The van der Waals surface area contributed by atoms with Gasteiger partial charge >= 0.3 is 5.97 Å². The van der Waals surface area contributed by atoms with Gasteiger partial charge in [0.1, 0.15) is 11.6 Å². The molecule has 2 aromatic carbocycles. The van der Waals surface area contributed by atoms with Crippen molar-refractivity contribution in [3.05, 3.63) is 52.5 Å². The minimum atomic E-state index is -1.07. The van der Waals surface area contributed by atoms with Crippen molar-refractivity contribution >= 4 is 45.6 Å². The summed E-state index contributed by atoms with van der Waals surface area (Å²) in [7, 11) is 0. The normalized spacial score (nSPS) is 10.7. The highest BCUT2D eigenvalue weighted by Gasteiger charge is 2.12. The molecule has 7 heteroatoms. The number of carboxylic acids is 1. The van der Waals surface area contributed by atoms with Gasteiger partial charge in [0.25, 0.3) is 0 Å². The van der Waals surface area contributed by atoms with E-state index in [9.17, 15) is 9.59 Å². The number of aromatic nitrogens is 1. The molecule has 0 saturated carbocycles. The molecule has 0 aliphatic heterocycles. The van der Waals surface area contributed by atoms with Crippen LogP contribution in [0.3, 0.4) is 0 Å². The molecule has 24 heavy (non-hydrogen) atoms. The molecule has 0 radical (unpaired) electrons. The maximum absolute atomic E-state index is 11.7. The summed E-state index contributed by atoms with van der Waals surface area (Å²) in [5.41, 5.74) is 1.56. The quantitative estimate of drug-likeness (QED) is 0.731. The molecule has 122 valence electrons. The summed E-state index contributed by atoms with van der Waals surface area (Å²) in [6.07, 6.45) is 0.0509. The van der Waals surface area contributed by atoms with Gasteiger partial charge in [0.15, 0.2) is 0 Å². The van der Waals surface area contributed by atoms with Crippen LogP contribution < -0.4 is 5.32 Å². The molecule has 0 atom stereocenters. The number of fused-ring (bicyclic) bond motifs is 1. The molecular weight excluding hydrogens is 348 g/mol. The van der Waals surface area contributed by atoms with E-state index < -0.39 is 12.5 Å². The third kappa shape index (κ3) is 3.55. The van der Waals surface area contributed by atoms with Crippen molar-refractivity contribution in [2.24, 2.45) is 0 Å². The van der Waals surface area contributed by atoms with Crippen molar-refractivity contribution < 1.29 is 14.7 Å². The predicted octanol–water partition coefficient (Wildman–Crippen LogP) is 3.36. The van der Waals surface area contributed by atoms with Gasteiger partial charge in [0, 0.05) is 21.4 Å².